The van der Waals surface area contributed by atoms with E-state index in [4.69, 9.17) is 9.84 Å². The number of aryl methyl sites for hydroxylation is 1. The van der Waals surface area contributed by atoms with Gasteiger partial charge in [0.05, 0.1) is 5.56 Å². The second kappa shape index (κ2) is 4.85. The van der Waals surface area contributed by atoms with Crippen molar-refractivity contribution in [2.45, 2.75) is 6.92 Å². The fraction of sp³-hybridized carbons (Fsp3) is 0.0909. The SMILES string of the molecule is Cc1cc(Oc2nc(Br)cs2)ccc1C(=O)O. The molecule has 0 atom stereocenters. The molecular formula is C11H8BrNO3S. The number of aromatic carboxylic acids is 1. The van der Waals surface area contributed by atoms with E-state index in [9.17, 15) is 4.79 Å². The molecule has 0 saturated heterocycles. The number of aromatic nitrogens is 1. The number of carboxylic acid groups (broad SMARTS) is 1. The number of nitrogens with zero attached hydrogens (tertiary/aromatic N) is 1. The minimum absolute atomic E-state index is 0.276. The molecule has 0 aliphatic rings. The van der Waals surface area contributed by atoms with Gasteiger partial charge in [0.15, 0.2) is 0 Å². The van der Waals surface area contributed by atoms with Crippen LogP contribution < -0.4 is 4.74 Å². The molecule has 0 aliphatic heterocycles. The van der Waals surface area contributed by atoms with Crippen molar-refractivity contribution in [3.63, 3.8) is 0 Å². The molecular weight excluding hydrogens is 306 g/mol. The number of benzene rings is 1. The van der Waals surface area contributed by atoms with Crippen molar-refractivity contribution in [2.24, 2.45) is 0 Å². The van der Waals surface area contributed by atoms with Crippen LogP contribution in [-0.4, -0.2) is 16.1 Å². The van der Waals surface area contributed by atoms with Crippen molar-refractivity contribution in [3.05, 3.63) is 39.3 Å². The van der Waals surface area contributed by atoms with E-state index in [0.29, 0.717) is 16.5 Å². The van der Waals surface area contributed by atoms with E-state index < -0.39 is 5.97 Å². The highest BCUT2D eigenvalue weighted by molar-refractivity contribution is 9.10. The van der Waals surface area contributed by atoms with Crippen molar-refractivity contribution in [3.8, 4) is 10.9 Å². The second-order valence-electron chi connectivity index (χ2n) is 3.32. The van der Waals surface area contributed by atoms with Crippen molar-refractivity contribution in [1.82, 2.24) is 4.98 Å². The molecule has 2 rings (SSSR count). The predicted octanol–water partition coefficient (Wildman–Crippen LogP) is 3.70. The third-order valence-electron chi connectivity index (χ3n) is 2.09. The van der Waals surface area contributed by atoms with Crippen LogP contribution >= 0.6 is 27.3 Å². The fourth-order valence-corrected chi connectivity index (χ4v) is 2.43. The molecule has 0 fully saturated rings. The van der Waals surface area contributed by atoms with E-state index in [-0.39, 0.29) is 5.56 Å². The van der Waals surface area contributed by atoms with Crippen molar-refractivity contribution in [2.75, 3.05) is 0 Å². The first kappa shape index (κ1) is 12.1. The summed E-state index contributed by atoms with van der Waals surface area (Å²) in [5, 5.41) is 11.2. The number of carboxylic acids is 1. The lowest BCUT2D eigenvalue weighted by molar-refractivity contribution is 0.0696. The number of rotatable bonds is 3. The molecule has 17 heavy (non-hydrogen) atoms. The maximum atomic E-state index is 10.8. The number of hydrogen-bond acceptors (Lipinski definition) is 4. The van der Waals surface area contributed by atoms with Gasteiger partial charge in [0.2, 0.25) is 0 Å². The van der Waals surface area contributed by atoms with E-state index in [0.717, 1.165) is 4.60 Å². The van der Waals surface area contributed by atoms with Gasteiger partial charge in [-0.15, -0.1) is 0 Å². The Morgan fingerprint density at radius 3 is 2.82 bits per heavy atom. The molecule has 0 radical (unpaired) electrons. The minimum Gasteiger partial charge on any atom is -0.478 e. The van der Waals surface area contributed by atoms with Gasteiger partial charge in [0, 0.05) is 5.38 Å². The first-order valence-electron chi connectivity index (χ1n) is 4.69. The van der Waals surface area contributed by atoms with E-state index in [1.165, 1.54) is 17.4 Å². The maximum absolute atomic E-state index is 10.8. The van der Waals surface area contributed by atoms with Gasteiger partial charge in [0.1, 0.15) is 10.4 Å². The Bertz CT molecular complexity index is 568. The molecule has 0 amide bonds. The van der Waals surface area contributed by atoms with Crippen LogP contribution in [0.25, 0.3) is 0 Å². The standard InChI is InChI=1S/C11H8BrNO3S/c1-6-4-7(2-3-8(6)10(14)15)16-11-13-9(12)5-17-11/h2-5H,1H3,(H,14,15). The Kier molecular flexibility index (Phi) is 3.44. The quantitative estimate of drug-likeness (QED) is 0.938. The normalized spacial score (nSPS) is 10.2. The van der Waals surface area contributed by atoms with E-state index in [2.05, 4.69) is 20.9 Å². The molecule has 0 aliphatic carbocycles. The van der Waals surface area contributed by atoms with Crippen LogP contribution in [0.15, 0.2) is 28.2 Å². The topological polar surface area (TPSA) is 59.4 Å². The van der Waals surface area contributed by atoms with Crippen molar-refractivity contribution < 1.29 is 14.6 Å². The summed E-state index contributed by atoms with van der Waals surface area (Å²) in [7, 11) is 0. The van der Waals surface area contributed by atoms with Gasteiger partial charge >= 0.3 is 5.97 Å². The molecule has 2 aromatic rings. The molecule has 88 valence electrons. The molecule has 0 bridgehead atoms. The van der Waals surface area contributed by atoms with Crippen molar-refractivity contribution in [1.29, 1.82) is 0 Å². The Labute approximate surface area is 110 Å². The highest BCUT2D eigenvalue weighted by Crippen LogP contribution is 2.28. The summed E-state index contributed by atoms with van der Waals surface area (Å²) in [4.78, 5) is 14.9. The lowest BCUT2D eigenvalue weighted by Crippen LogP contribution is -1.99. The summed E-state index contributed by atoms with van der Waals surface area (Å²) in [5.74, 6) is -0.361. The van der Waals surface area contributed by atoms with Crippen LogP contribution in [0.3, 0.4) is 0 Å². The molecule has 0 unspecified atom stereocenters. The lowest BCUT2D eigenvalue weighted by atomic mass is 10.1. The highest BCUT2D eigenvalue weighted by atomic mass is 79.9. The molecule has 1 aromatic carbocycles. The molecule has 4 nitrogen and oxygen atoms in total. The summed E-state index contributed by atoms with van der Waals surface area (Å²) in [6, 6.07) is 4.82. The molecule has 0 saturated carbocycles. The number of halogens is 1. The van der Waals surface area contributed by atoms with E-state index >= 15 is 0 Å². The zero-order chi connectivity index (χ0) is 12.4. The summed E-state index contributed by atoms with van der Waals surface area (Å²) in [6.45, 7) is 1.73. The average molecular weight is 314 g/mol. The van der Waals surface area contributed by atoms with Gasteiger partial charge in [-0.3, -0.25) is 0 Å². The summed E-state index contributed by atoms with van der Waals surface area (Å²) < 4.78 is 6.22. The number of hydrogen-bond donors (Lipinski definition) is 1. The number of thiazole rings is 1. The Morgan fingerprint density at radius 2 is 2.29 bits per heavy atom. The zero-order valence-corrected chi connectivity index (χ0v) is 11.2. The van der Waals surface area contributed by atoms with Crippen molar-refractivity contribution >= 4 is 33.2 Å². The monoisotopic (exact) mass is 313 g/mol. The van der Waals surface area contributed by atoms with Gasteiger partial charge in [-0.1, -0.05) is 11.3 Å². The number of carbonyl (C=O) groups is 1. The van der Waals surface area contributed by atoms with Gasteiger partial charge in [-0.25, -0.2) is 4.79 Å². The van der Waals surface area contributed by atoms with Crippen LogP contribution in [0.2, 0.25) is 0 Å². The molecule has 0 spiro atoms. The summed E-state index contributed by atoms with van der Waals surface area (Å²) in [6.07, 6.45) is 0. The van der Waals surface area contributed by atoms with Crippen LogP contribution in [-0.2, 0) is 0 Å². The van der Waals surface area contributed by atoms with Gasteiger partial charge in [0.25, 0.3) is 5.19 Å². The van der Waals surface area contributed by atoms with Crippen LogP contribution in [0.5, 0.6) is 10.9 Å². The van der Waals surface area contributed by atoms with E-state index in [1.54, 1.807) is 19.1 Å². The molecule has 6 heteroatoms. The fourth-order valence-electron chi connectivity index (χ4n) is 1.33. The Hall–Kier alpha value is -1.40. The maximum Gasteiger partial charge on any atom is 0.335 e. The molecule has 1 heterocycles. The van der Waals surface area contributed by atoms with Crippen LogP contribution in [0.1, 0.15) is 15.9 Å². The zero-order valence-electron chi connectivity index (χ0n) is 8.81. The smallest absolute Gasteiger partial charge is 0.335 e. The average Bonchev–Trinajstić information content (AvgIpc) is 2.63. The molecule has 1 aromatic heterocycles. The van der Waals surface area contributed by atoms with Crippen LogP contribution in [0.4, 0.5) is 0 Å². The molecule has 1 N–H and O–H groups in total. The third kappa shape index (κ3) is 2.83. The summed E-state index contributed by atoms with van der Waals surface area (Å²) >= 11 is 4.60. The van der Waals surface area contributed by atoms with Gasteiger partial charge < -0.3 is 9.84 Å². The predicted molar refractivity (Wildman–Crippen MR) is 68.0 cm³/mol. The van der Waals surface area contributed by atoms with Gasteiger partial charge in [-0.2, -0.15) is 4.98 Å². The number of ether oxygens (including phenoxy) is 1. The van der Waals surface area contributed by atoms with E-state index in [1.807, 2.05) is 5.38 Å². The van der Waals surface area contributed by atoms with Crippen LogP contribution in [0, 0.1) is 6.92 Å². The largest absolute Gasteiger partial charge is 0.478 e. The highest BCUT2D eigenvalue weighted by Gasteiger charge is 2.09. The Morgan fingerprint density at radius 1 is 1.53 bits per heavy atom. The summed E-state index contributed by atoms with van der Waals surface area (Å²) in [5.41, 5.74) is 0.934. The lowest BCUT2D eigenvalue weighted by Gasteiger charge is -2.05. The third-order valence-corrected chi connectivity index (χ3v) is 3.52. The first-order chi connectivity index (χ1) is 8.06. The van der Waals surface area contributed by atoms with Gasteiger partial charge in [-0.05, 0) is 46.6 Å². The Balaban J connectivity index is 2.23. The second-order valence-corrected chi connectivity index (χ2v) is 4.95. The minimum atomic E-state index is -0.939. The first-order valence-corrected chi connectivity index (χ1v) is 6.36.